The predicted molar refractivity (Wildman–Crippen MR) is 105 cm³/mol. The minimum Gasteiger partial charge on any atom is -0.497 e. The van der Waals surface area contributed by atoms with E-state index in [-0.39, 0.29) is 11.7 Å². The molecule has 5 nitrogen and oxygen atoms in total. The molecule has 3 rings (SSSR count). The molecule has 1 saturated heterocycles. The van der Waals surface area contributed by atoms with E-state index in [9.17, 15) is 9.59 Å². The normalized spacial score (nSPS) is 14.8. The number of Topliss-reactive ketones (excluding diaryl/α,β-unsaturated/α-hetero) is 1. The van der Waals surface area contributed by atoms with Gasteiger partial charge in [0.15, 0.2) is 5.78 Å². The molecule has 0 radical (unpaired) electrons. The molecule has 1 aliphatic rings. The van der Waals surface area contributed by atoms with Crippen LogP contribution in [0.3, 0.4) is 0 Å². The second-order valence-corrected chi connectivity index (χ2v) is 6.97. The molecule has 0 spiro atoms. The van der Waals surface area contributed by atoms with Gasteiger partial charge in [-0.2, -0.15) is 0 Å². The van der Waals surface area contributed by atoms with Crippen LogP contribution in [0.25, 0.3) is 0 Å². The van der Waals surface area contributed by atoms with E-state index in [4.69, 9.17) is 4.74 Å². The van der Waals surface area contributed by atoms with Crippen LogP contribution < -0.4 is 4.74 Å². The number of aryl methyl sites for hydroxylation is 1. The number of carbonyl (C=O) groups is 2. The fourth-order valence-electron chi connectivity index (χ4n) is 3.22. The van der Waals surface area contributed by atoms with Crippen LogP contribution in [-0.2, 0) is 11.2 Å². The number of hydrogen-bond donors (Lipinski definition) is 0. The molecular weight excluding hydrogens is 340 g/mol. The van der Waals surface area contributed by atoms with E-state index in [1.807, 2.05) is 60.4 Å². The van der Waals surface area contributed by atoms with Crippen LogP contribution in [0.2, 0.25) is 0 Å². The van der Waals surface area contributed by atoms with Gasteiger partial charge in [-0.3, -0.25) is 14.5 Å². The second kappa shape index (κ2) is 8.82. The SMILES string of the molecule is COc1ccc(CC(=O)N2CCN(CC(=O)c3ccc(C)cc3)CC2)cc1. The van der Waals surface area contributed by atoms with Crippen molar-refractivity contribution in [3.63, 3.8) is 0 Å². The Morgan fingerprint density at radius 1 is 0.926 bits per heavy atom. The molecule has 1 heterocycles. The first-order valence-electron chi connectivity index (χ1n) is 9.28. The van der Waals surface area contributed by atoms with Crippen LogP contribution in [0.5, 0.6) is 5.75 Å². The van der Waals surface area contributed by atoms with Crippen molar-refractivity contribution in [3.05, 3.63) is 65.2 Å². The highest BCUT2D eigenvalue weighted by Crippen LogP contribution is 2.13. The molecule has 142 valence electrons. The molecule has 5 heteroatoms. The maximum absolute atomic E-state index is 12.5. The number of carbonyl (C=O) groups excluding carboxylic acids is 2. The molecule has 0 bridgehead atoms. The molecule has 0 saturated carbocycles. The zero-order valence-electron chi connectivity index (χ0n) is 16.0. The maximum atomic E-state index is 12.5. The fraction of sp³-hybridized carbons (Fsp3) is 0.364. The lowest BCUT2D eigenvalue weighted by atomic mass is 10.1. The van der Waals surface area contributed by atoms with Crippen molar-refractivity contribution in [1.29, 1.82) is 0 Å². The van der Waals surface area contributed by atoms with Gasteiger partial charge in [0, 0.05) is 31.7 Å². The number of rotatable bonds is 6. The molecule has 2 aromatic carbocycles. The number of amides is 1. The third-order valence-corrected chi connectivity index (χ3v) is 4.98. The summed E-state index contributed by atoms with van der Waals surface area (Å²) in [6, 6.07) is 15.3. The van der Waals surface area contributed by atoms with E-state index < -0.39 is 0 Å². The smallest absolute Gasteiger partial charge is 0.227 e. The highest BCUT2D eigenvalue weighted by molar-refractivity contribution is 5.97. The highest BCUT2D eigenvalue weighted by atomic mass is 16.5. The van der Waals surface area contributed by atoms with Gasteiger partial charge in [0.1, 0.15) is 5.75 Å². The Balaban J connectivity index is 1.47. The number of piperazine rings is 1. The van der Waals surface area contributed by atoms with Gasteiger partial charge in [-0.1, -0.05) is 42.0 Å². The Hall–Kier alpha value is -2.66. The molecule has 2 aromatic rings. The number of benzene rings is 2. The Bertz CT molecular complexity index is 776. The summed E-state index contributed by atoms with van der Waals surface area (Å²) in [7, 11) is 1.63. The molecule has 27 heavy (non-hydrogen) atoms. The monoisotopic (exact) mass is 366 g/mol. The first-order chi connectivity index (χ1) is 13.0. The average Bonchev–Trinajstić information content (AvgIpc) is 2.69. The Kier molecular flexibility index (Phi) is 6.24. The van der Waals surface area contributed by atoms with E-state index in [0.717, 1.165) is 35.5 Å². The van der Waals surface area contributed by atoms with Crippen LogP contribution in [0.15, 0.2) is 48.5 Å². The van der Waals surface area contributed by atoms with Crippen molar-refractivity contribution >= 4 is 11.7 Å². The lowest BCUT2D eigenvalue weighted by molar-refractivity contribution is -0.132. The van der Waals surface area contributed by atoms with Crippen molar-refractivity contribution < 1.29 is 14.3 Å². The summed E-state index contributed by atoms with van der Waals surface area (Å²) in [5, 5.41) is 0. The standard InChI is InChI=1S/C22H26N2O3/c1-17-3-7-19(8-4-17)21(25)16-23-11-13-24(14-12-23)22(26)15-18-5-9-20(27-2)10-6-18/h3-10H,11-16H2,1-2H3. The van der Waals surface area contributed by atoms with Gasteiger partial charge in [0.2, 0.25) is 5.91 Å². The minimum atomic E-state index is 0.129. The van der Waals surface area contributed by atoms with Gasteiger partial charge in [0.05, 0.1) is 20.1 Å². The molecule has 0 atom stereocenters. The topological polar surface area (TPSA) is 49.9 Å². The number of hydrogen-bond acceptors (Lipinski definition) is 4. The second-order valence-electron chi connectivity index (χ2n) is 6.97. The van der Waals surface area contributed by atoms with Gasteiger partial charge >= 0.3 is 0 Å². The first-order valence-corrected chi connectivity index (χ1v) is 9.28. The molecule has 0 N–H and O–H groups in total. The van der Waals surface area contributed by atoms with Crippen molar-refractivity contribution in [1.82, 2.24) is 9.80 Å². The number of nitrogens with zero attached hydrogens (tertiary/aromatic N) is 2. The largest absolute Gasteiger partial charge is 0.497 e. The van der Waals surface area contributed by atoms with Crippen LogP contribution in [-0.4, -0.2) is 61.3 Å². The quantitative estimate of drug-likeness (QED) is 0.738. The number of methoxy groups -OCH3 is 1. The molecule has 0 unspecified atom stereocenters. The van der Waals surface area contributed by atoms with Crippen LogP contribution in [0.1, 0.15) is 21.5 Å². The molecular formula is C22H26N2O3. The van der Waals surface area contributed by atoms with Gasteiger partial charge in [-0.25, -0.2) is 0 Å². The summed E-state index contributed by atoms with van der Waals surface area (Å²) < 4.78 is 5.14. The number of ether oxygens (including phenoxy) is 1. The van der Waals surface area contributed by atoms with Gasteiger partial charge in [-0.05, 0) is 24.6 Å². The molecule has 0 aromatic heterocycles. The van der Waals surface area contributed by atoms with Crippen LogP contribution in [0, 0.1) is 6.92 Å². The summed E-state index contributed by atoms with van der Waals surface area (Å²) >= 11 is 0. The summed E-state index contributed by atoms with van der Waals surface area (Å²) in [5.74, 6) is 1.05. The molecule has 1 amide bonds. The van der Waals surface area contributed by atoms with Crippen LogP contribution >= 0.6 is 0 Å². The number of ketones is 1. The van der Waals surface area contributed by atoms with Crippen molar-refractivity contribution in [2.45, 2.75) is 13.3 Å². The van der Waals surface area contributed by atoms with Crippen LogP contribution in [0.4, 0.5) is 0 Å². The summed E-state index contributed by atoms with van der Waals surface area (Å²) in [4.78, 5) is 28.9. The van der Waals surface area contributed by atoms with E-state index >= 15 is 0 Å². The highest BCUT2D eigenvalue weighted by Gasteiger charge is 2.22. The predicted octanol–water partition coefficient (Wildman–Crippen LogP) is 2.57. The van der Waals surface area contributed by atoms with Crippen molar-refractivity contribution in [3.8, 4) is 5.75 Å². The lowest BCUT2D eigenvalue weighted by Gasteiger charge is -2.34. The Labute approximate surface area is 160 Å². The molecule has 1 fully saturated rings. The first kappa shape index (κ1) is 19.1. The molecule has 0 aliphatic carbocycles. The zero-order chi connectivity index (χ0) is 19.2. The summed E-state index contributed by atoms with van der Waals surface area (Å²) in [6.07, 6.45) is 0.395. The summed E-state index contributed by atoms with van der Waals surface area (Å²) in [5.41, 5.74) is 2.88. The third-order valence-electron chi connectivity index (χ3n) is 4.98. The van der Waals surface area contributed by atoms with Gasteiger partial charge in [0.25, 0.3) is 0 Å². The summed E-state index contributed by atoms with van der Waals surface area (Å²) in [6.45, 7) is 5.20. The van der Waals surface area contributed by atoms with E-state index in [2.05, 4.69) is 4.90 Å². The minimum absolute atomic E-state index is 0.129. The Morgan fingerprint density at radius 2 is 1.56 bits per heavy atom. The maximum Gasteiger partial charge on any atom is 0.227 e. The van der Waals surface area contributed by atoms with E-state index in [1.54, 1.807) is 7.11 Å². The average molecular weight is 366 g/mol. The zero-order valence-corrected chi connectivity index (χ0v) is 16.0. The van der Waals surface area contributed by atoms with Crippen molar-refractivity contribution in [2.75, 3.05) is 39.8 Å². The van der Waals surface area contributed by atoms with Gasteiger partial charge in [-0.15, -0.1) is 0 Å². The van der Waals surface area contributed by atoms with E-state index in [0.29, 0.717) is 26.1 Å². The Morgan fingerprint density at radius 3 is 2.15 bits per heavy atom. The molecule has 1 aliphatic heterocycles. The third kappa shape index (κ3) is 5.17. The van der Waals surface area contributed by atoms with Gasteiger partial charge < -0.3 is 9.64 Å². The fourth-order valence-corrected chi connectivity index (χ4v) is 3.22. The van der Waals surface area contributed by atoms with Crippen molar-refractivity contribution in [2.24, 2.45) is 0 Å². The van der Waals surface area contributed by atoms with E-state index in [1.165, 1.54) is 0 Å². The lowest BCUT2D eigenvalue weighted by Crippen LogP contribution is -2.50.